The number of hydrogen-bond acceptors (Lipinski definition) is 7. The zero-order valence-electron chi connectivity index (χ0n) is 26.2. The fourth-order valence-corrected chi connectivity index (χ4v) is 6.74. The zero-order valence-corrected chi connectivity index (χ0v) is 26.2. The van der Waals surface area contributed by atoms with Gasteiger partial charge in [-0.25, -0.2) is 0 Å². The summed E-state index contributed by atoms with van der Waals surface area (Å²) in [4.78, 5) is 11.1. The van der Waals surface area contributed by atoms with Crippen LogP contribution in [0, 0.1) is 22.7 Å². The molecule has 0 radical (unpaired) electrons. The molecule has 1 spiro atoms. The molecule has 0 bridgehead atoms. The lowest BCUT2D eigenvalue weighted by atomic mass is 9.80. The van der Waals surface area contributed by atoms with E-state index in [1.54, 1.807) is 0 Å². The van der Waals surface area contributed by atoms with Gasteiger partial charge in [-0.2, -0.15) is 10.5 Å². The molecule has 7 nitrogen and oxygen atoms in total. The number of nitriles is 2. The smallest absolute Gasteiger partial charge is 0.172 e. The maximum Gasteiger partial charge on any atom is 0.172 e. The largest absolute Gasteiger partial charge is 0.347 e. The number of nitrogens with two attached hydrogens (primary N) is 1. The molecule has 3 N–H and O–H groups in total. The van der Waals surface area contributed by atoms with E-state index in [2.05, 4.69) is 36.5 Å². The van der Waals surface area contributed by atoms with Crippen LogP contribution in [0.3, 0.4) is 0 Å². The summed E-state index contributed by atoms with van der Waals surface area (Å²) < 4.78 is 11.1. The fraction of sp³-hybridized carbons (Fsp3) is 0.541. The van der Waals surface area contributed by atoms with Crippen molar-refractivity contribution in [3.63, 3.8) is 0 Å². The molecule has 7 heteroatoms. The lowest BCUT2D eigenvalue weighted by molar-refractivity contribution is -0.161. The van der Waals surface area contributed by atoms with Gasteiger partial charge in [0.2, 0.25) is 0 Å². The van der Waals surface area contributed by atoms with Gasteiger partial charge in [0.1, 0.15) is 5.78 Å². The van der Waals surface area contributed by atoms with Crippen molar-refractivity contribution < 1.29 is 14.3 Å². The third kappa shape index (κ3) is 9.58. The quantitative estimate of drug-likeness (QED) is 0.365. The van der Waals surface area contributed by atoms with Crippen molar-refractivity contribution in [3.05, 3.63) is 82.4 Å². The Labute approximate surface area is 263 Å². The number of allylic oxidation sites excluding steroid dienone is 1. The van der Waals surface area contributed by atoms with Gasteiger partial charge in [0.15, 0.2) is 5.79 Å². The monoisotopic (exact) mass is 596 g/mol. The molecule has 2 aromatic carbocycles. The van der Waals surface area contributed by atoms with Crippen LogP contribution in [0.2, 0.25) is 0 Å². The number of ketones is 1. The van der Waals surface area contributed by atoms with Gasteiger partial charge in [0.25, 0.3) is 0 Å². The number of hydrogen-bond donors (Lipinski definition) is 2. The molecule has 0 amide bonds. The summed E-state index contributed by atoms with van der Waals surface area (Å²) in [6.07, 6.45) is 13.2. The van der Waals surface area contributed by atoms with Crippen molar-refractivity contribution in [2.24, 2.45) is 5.73 Å². The van der Waals surface area contributed by atoms with Crippen LogP contribution in [-0.4, -0.2) is 43.9 Å². The summed E-state index contributed by atoms with van der Waals surface area (Å²) in [6, 6.07) is 20.9. The van der Waals surface area contributed by atoms with Crippen LogP contribution < -0.4 is 11.1 Å². The average molecular weight is 597 g/mol. The molecule has 3 aliphatic carbocycles. The minimum atomic E-state index is -0.223. The molecule has 1 heterocycles. The van der Waals surface area contributed by atoms with Crippen LogP contribution in [0.15, 0.2) is 60.2 Å². The molecule has 0 aromatic heterocycles. The van der Waals surface area contributed by atoms with E-state index in [9.17, 15) is 4.79 Å². The number of nitrogens with zero attached hydrogens (tertiary/aromatic N) is 2. The first kappa shape index (κ1) is 33.6. The molecule has 1 aliphatic heterocycles. The highest BCUT2D eigenvalue weighted by Gasteiger charge is 2.36. The minimum absolute atomic E-state index is 0.223. The summed E-state index contributed by atoms with van der Waals surface area (Å²) in [5.41, 5.74) is 10.9. The zero-order chi connectivity index (χ0) is 31.2. The van der Waals surface area contributed by atoms with E-state index in [4.69, 9.17) is 25.7 Å². The van der Waals surface area contributed by atoms with E-state index in [1.807, 2.05) is 42.5 Å². The SMILES string of the molecule is CC1=CCC2(CC1)OCCO2.N#Cc1ccccc1C1CCC(=O)CC1.N#Cc1ccccc1C1CCC(NCCN)CC1. The number of carbonyl (C=O) groups excluding carboxylic acids is 1. The predicted octanol–water partition coefficient (Wildman–Crippen LogP) is 6.78. The first-order valence-corrected chi connectivity index (χ1v) is 16.3. The molecule has 2 aromatic rings. The number of Topliss-reactive ketones (excluding diaryl/α,β-unsaturated/α-hetero) is 1. The van der Waals surface area contributed by atoms with Gasteiger partial charge in [0, 0.05) is 44.8 Å². The van der Waals surface area contributed by atoms with Crippen LogP contribution >= 0.6 is 0 Å². The first-order valence-electron chi connectivity index (χ1n) is 16.3. The van der Waals surface area contributed by atoms with Gasteiger partial charge < -0.3 is 20.5 Å². The summed E-state index contributed by atoms with van der Waals surface area (Å²) in [6.45, 7) is 5.32. The van der Waals surface area contributed by atoms with Gasteiger partial charge in [-0.1, -0.05) is 48.0 Å². The molecule has 234 valence electrons. The second kappa shape index (κ2) is 17.2. The Kier molecular flexibility index (Phi) is 13.1. The third-order valence-electron chi connectivity index (χ3n) is 9.37. The van der Waals surface area contributed by atoms with E-state index < -0.39 is 0 Å². The van der Waals surface area contributed by atoms with Crippen LogP contribution in [0.4, 0.5) is 0 Å². The van der Waals surface area contributed by atoms with Gasteiger partial charge in [-0.3, -0.25) is 4.79 Å². The lowest BCUT2D eigenvalue weighted by Crippen LogP contribution is -2.36. The molecule has 0 atom stereocenters. The van der Waals surface area contributed by atoms with Gasteiger partial charge in [0.05, 0.1) is 36.5 Å². The Bertz CT molecular complexity index is 1320. The van der Waals surface area contributed by atoms with Crippen molar-refractivity contribution >= 4 is 5.78 Å². The second-order valence-electron chi connectivity index (χ2n) is 12.4. The number of nitrogens with one attached hydrogen (secondary N) is 1. The van der Waals surface area contributed by atoms with Crippen molar-refractivity contribution in [1.82, 2.24) is 5.32 Å². The fourth-order valence-electron chi connectivity index (χ4n) is 6.74. The first-order chi connectivity index (χ1) is 21.5. The van der Waals surface area contributed by atoms with E-state index in [0.29, 0.717) is 43.0 Å². The Hall–Kier alpha value is -3.33. The van der Waals surface area contributed by atoms with E-state index in [-0.39, 0.29) is 5.79 Å². The standard InChI is InChI=1S/C15H21N3.C13H13NO.C9H14O2/c16-9-10-18-14-7-5-12(6-8-14)15-4-2-1-3-13(15)11-17;14-9-11-3-1-2-4-13(11)10-5-7-12(15)8-6-10;1-8-2-4-9(5-3-8)10-6-7-11-9/h1-4,12,14,18H,5-10,16H2;1-4,10H,5-8H2;2H,3-7H2,1H3. The number of benzene rings is 2. The number of rotatable bonds is 5. The third-order valence-corrected chi connectivity index (χ3v) is 9.37. The molecule has 1 saturated heterocycles. The van der Waals surface area contributed by atoms with Crippen LogP contribution in [0.5, 0.6) is 0 Å². The lowest BCUT2D eigenvalue weighted by Gasteiger charge is -2.29. The molecule has 44 heavy (non-hydrogen) atoms. The van der Waals surface area contributed by atoms with Crippen LogP contribution in [0.25, 0.3) is 0 Å². The predicted molar refractivity (Wildman–Crippen MR) is 173 cm³/mol. The molecule has 2 saturated carbocycles. The highest BCUT2D eigenvalue weighted by molar-refractivity contribution is 5.79. The second-order valence-corrected chi connectivity index (χ2v) is 12.4. The molecular formula is C37H48N4O3. The Morgan fingerprint density at radius 3 is 1.89 bits per heavy atom. The number of ether oxygens (including phenoxy) is 2. The van der Waals surface area contributed by atoms with E-state index >= 15 is 0 Å². The number of carbonyl (C=O) groups is 1. The van der Waals surface area contributed by atoms with Crippen molar-refractivity contribution in [2.75, 3.05) is 26.3 Å². The summed E-state index contributed by atoms with van der Waals surface area (Å²) in [7, 11) is 0. The van der Waals surface area contributed by atoms with Gasteiger partial charge in [-0.15, -0.1) is 0 Å². The maximum atomic E-state index is 11.1. The Morgan fingerprint density at radius 1 is 0.841 bits per heavy atom. The molecule has 4 aliphatic rings. The normalized spacial score (nSPS) is 22.8. The van der Waals surface area contributed by atoms with Crippen molar-refractivity contribution in [3.8, 4) is 12.1 Å². The maximum absolute atomic E-state index is 11.1. The minimum Gasteiger partial charge on any atom is -0.347 e. The summed E-state index contributed by atoms with van der Waals surface area (Å²) >= 11 is 0. The topological polar surface area (TPSA) is 121 Å². The van der Waals surface area contributed by atoms with Crippen molar-refractivity contribution in [1.29, 1.82) is 10.5 Å². The van der Waals surface area contributed by atoms with Crippen LogP contribution in [-0.2, 0) is 14.3 Å². The Morgan fingerprint density at radius 2 is 1.39 bits per heavy atom. The Balaban J connectivity index is 0.000000155. The molecular weight excluding hydrogens is 548 g/mol. The highest BCUT2D eigenvalue weighted by Crippen LogP contribution is 2.36. The van der Waals surface area contributed by atoms with Crippen LogP contribution in [0.1, 0.15) is 112 Å². The summed E-state index contributed by atoms with van der Waals surface area (Å²) in [5, 5.41) is 21.6. The highest BCUT2D eigenvalue weighted by atomic mass is 16.7. The molecule has 0 unspecified atom stereocenters. The van der Waals surface area contributed by atoms with E-state index in [0.717, 1.165) is 68.6 Å². The molecule has 3 fully saturated rings. The van der Waals surface area contributed by atoms with Crippen molar-refractivity contribution in [2.45, 2.75) is 101 Å². The van der Waals surface area contributed by atoms with E-state index in [1.165, 1.54) is 36.8 Å². The summed E-state index contributed by atoms with van der Waals surface area (Å²) in [5.74, 6) is 1.09. The molecule has 6 rings (SSSR count). The van der Waals surface area contributed by atoms with Gasteiger partial charge in [-0.05, 0) is 87.0 Å². The van der Waals surface area contributed by atoms with Gasteiger partial charge >= 0.3 is 0 Å². The average Bonchev–Trinajstić information content (AvgIpc) is 3.54.